The third kappa shape index (κ3) is 3.75. The van der Waals surface area contributed by atoms with Gasteiger partial charge in [-0.3, -0.25) is 9.97 Å². The fourth-order valence-electron chi connectivity index (χ4n) is 5.09. The van der Waals surface area contributed by atoms with Crippen molar-refractivity contribution in [2.24, 2.45) is 0 Å². The Hall–Kier alpha value is -3.76. The van der Waals surface area contributed by atoms with E-state index in [-0.39, 0.29) is 5.41 Å². The summed E-state index contributed by atoms with van der Waals surface area (Å²) in [6, 6.07) is 30.3. The molecule has 0 saturated carbocycles. The molecule has 0 atom stereocenters. The van der Waals surface area contributed by atoms with Gasteiger partial charge in [0.25, 0.3) is 0 Å². The van der Waals surface area contributed by atoms with Crippen molar-refractivity contribution in [2.75, 3.05) is 4.90 Å². The molecule has 2 aromatic heterocycles. The van der Waals surface area contributed by atoms with E-state index in [4.69, 9.17) is 0 Å². The molecule has 0 aliphatic carbocycles. The first-order valence-corrected chi connectivity index (χ1v) is 12.5. The van der Waals surface area contributed by atoms with Gasteiger partial charge in [-0.25, -0.2) is 0 Å². The van der Waals surface area contributed by atoms with Gasteiger partial charge in [0.1, 0.15) is 0 Å². The van der Waals surface area contributed by atoms with E-state index in [0.29, 0.717) is 0 Å². The van der Waals surface area contributed by atoms with Crippen LogP contribution in [0.3, 0.4) is 0 Å². The van der Waals surface area contributed by atoms with Crippen LogP contribution in [-0.2, 0) is 5.41 Å². The Bertz CT molecular complexity index is 1470. The zero-order valence-corrected chi connectivity index (χ0v) is 21.2. The standard InChI is InChI=1S/C31H24BrN3/c1-31(2)27-9-3-4-10-29(27)35(30-12-11-25(32)18-28(30)31)26-16-23(21-7-5-13-33-19-21)15-24(17-26)22-8-6-14-34-20-22/h3-20H,1-2H3. The van der Waals surface area contributed by atoms with Crippen molar-refractivity contribution in [1.82, 2.24) is 9.97 Å². The molecule has 4 heteroatoms. The van der Waals surface area contributed by atoms with Crippen LogP contribution >= 0.6 is 15.9 Å². The van der Waals surface area contributed by atoms with E-state index in [0.717, 1.165) is 32.4 Å². The number of rotatable bonds is 3. The predicted octanol–water partition coefficient (Wildman–Crippen LogP) is 8.68. The second kappa shape index (κ2) is 8.47. The Kier molecular flexibility index (Phi) is 5.27. The maximum Gasteiger partial charge on any atom is 0.0503 e. The van der Waals surface area contributed by atoms with Gasteiger partial charge in [-0.15, -0.1) is 0 Å². The van der Waals surface area contributed by atoms with Crippen LogP contribution in [0.4, 0.5) is 17.1 Å². The Morgan fingerprint density at radius 3 is 1.89 bits per heavy atom. The van der Waals surface area contributed by atoms with Crippen LogP contribution in [0.2, 0.25) is 0 Å². The summed E-state index contributed by atoms with van der Waals surface area (Å²) < 4.78 is 1.09. The van der Waals surface area contributed by atoms with Gasteiger partial charge in [0.05, 0.1) is 11.4 Å². The van der Waals surface area contributed by atoms with Gasteiger partial charge >= 0.3 is 0 Å². The fraction of sp³-hybridized carbons (Fsp3) is 0.0968. The first kappa shape index (κ1) is 21.8. The fourth-order valence-corrected chi connectivity index (χ4v) is 5.46. The minimum Gasteiger partial charge on any atom is -0.310 e. The second-order valence-corrected chi connectivity index (χ2v) is 10.3. The molecule has 3 aromatic carbocycles. The summed E-state index contributed by atoms with van der Waals surface area (Å²) in [4.78, 5) is 11.1. The highest BCUT2D eigenvalue weighted by Gasteiger charge is 2.37. The van der Waals surface area contributed by atoms with E-state index < -0.39 is 0 Å². The van der Waals surface area contributed by atoms with Crippen molar-refractivity contribution in [1.29, 1.82) is 0 Å². The summed E-state index contributed by atoms with van der Waals surface area (Å²) in [5.41, 5.74) is 10.4. The molecule has 1 aliphatic heterocycles. The molecule has 0 radical (unpaired) electrons. The summed E-state index contributed by atoms with van der Waals surface area (Å²) in [5.74, 6) is 0. The number of pyridine rings is 2. The average molecular weight is 518 g/mol. The van der Waals surface area contributed by atoms with Gasteiger partial charge in [0.2, 0.25) is 0 Å². The van der Waals surface area contributed by atoms with Crippen LogP contribution in [0.15, 0.2) is 114 Å². The summed E-state index contributed by atoms with van der Waals surface area (Å²) in [5, 5.41) is 0. The summed E-state index contributed by atoms with van der Waals surface area (Å²) in [7, 11) is 0. The maximum atomic E-state index is 4.38. The van der Waals surface area contributed by atoms with Crippen molar-refractivity contribution in [3.8, 4) is 22.3 Å². The molecule has 35 heavy (non-hydrogen) atoms. The average Bonchev–Trinajstić information content (AvgIpc) is 2.90. The Morgan fingerprint density at radius 1 is 0.629 bits per heavy atom. The Balaban J connectivity index is 1.64. The topological polar surface area (TPSA) is 29.0 Å². The van der Waals surface area contributed by atoms with Gasteiger partial charge < -0.3 is 4.90 Å². The highest BCUT2D eigenvalue weighted by molar-refractivity contribution is 9.10. The van der Waals surface area contributed by atoms with Crippen molar-refractivity contribution in [3.05, 3.63) is 125 Å². The van der Waals surface area contributed by atoms with Gasteiger partial charge in [0, 0.05) is 51.5 Å². The van der Waals surface area contributed by atoms with Crippen molar-refractivity contribution in [3.63, 3.8) is 0 Å². The third-order valence-corrected chi connectivity index (χ3v) is 7.35. The summed E-state index contributed by atoms with van der Waals surface area (Å²) >= 11 is 3.71. The van der Waals surface area contributed by atoms with Gasteiger partial charge in [-0.2, -0.15) is 0 Å². The number of fused-ring (bicyclic) bond motifs is 2. The number of para-hydroxylation sites is 1. The molecule has 6 rings (SSSR count). The molecule has 0 saturated heterocycles. The lowest BCUT2D eigenvalue weighted by Crippen LogP contribution is -2.30. The number of hydrogen-bond acceptors (Lipinski definition) is 3. The lowest BCUT2D eigenvalue weighted by Gasteiger charge is -2.42. The minimum absolute atomic E-state index is 0.126. The van der Waals surface area contributed by atoms with E-state index in [9.17, 15) is 0 Å². The smallest absolute Gasteiger partial charge is 0.0503 e. The molecular weight excluding hydrogens is 494 g/mol. The maximum absolute atomic E-state index is 4.38. The molecule has 0 spiro atoms. The highest BCUT2D eigenvalue weighted by Crippen LogP contribution is 2.53. The van der Waals surface area contributed by atoms with E-state index in [1.165, 1.54) is 22.5 Å². The zero-order valence-electron chi connectivity index (χ0n) is 19.6. The summed E-state index contributed by atoms with van der Waals surface area (Å²) in [6.07, 6.45) is 7.47. The molecule has 0 N–H and O–H groups in total. The highest BCUT2D eigenvalue weighted by atomic mass is 79.9. The number of halogens is 1. The normalized spacial score (nSPS) is 13.7. The number of benzene rings is 3. The number of nitrogens with zero attached hydrogens (tertiary/aromatic N) is 3. The number of anilines is 3. The number of aromatic nitrogens is 2. The molecule has 0 unspecified atom stereocenters. The van der Waals surface area contributed by atoms with E-state index in [1.54, 1.807) is 0 Å². The zero-order chi connectivity index (χ0) is 24.0. The Labute approximate surface area is 214 Å². The van der Waals surface area contributed by atoms with E-state index in [2.05, 4.69) is 117 Å². The monoisotopic (exact) mass is 517 g/mol. The van der Waals surface area contributed by atoms with E-state index >= 15 is 0 Å². The van der Waals surface area contributed by atoms with Gasteiger partial charge in [0.15, 0.2) is 0 Å². The summed E-state index contributed by atoms with van der Waals surface area (Å²) in [6.45, 7) is 4.61. The second-order valence-electron chi connectivity index (χ2n) is 9.39. The van der Waals surface area contributed by atoms with E-state index in [1.807, 2.05) is 36.9 Å². The van der Waals surface area contributed by atoms with Crippen LogP contribution in [0.5, 0.6) is 0 Å². The largest absolute Gasteiger partial charge is 0.310 e. The van der Waals surface area contributed by atoms with Gasteiger partial charge in [-0.1, -0.05) is 60.1 Å². The third-order valence-electron chi connectivity index (χ3n) is 6.86. The first-order chi connectivity index (χ1) is 17.0. The SMILES string of the molecule is CC1(C)c2ccccc2N(c2cc(-c3cccnc3)cc(-c3cccnc3)c2)c2ccc(Br)cc21. The van der Waals surface area contributed by atoms with Crippen molar-refractivity contribution >= 4 is 33.0 Å². The van der Waals surface area contributed by atoms with Gasteiger partial charge in [-0.05, 0) is 76.9 Å². The molecule has 3 heterocycles. The quantitative estimate of drug-likeness (QED) is 0.239. The first-order valence-electron chi connectivity index (χ1n) is 11.7. The lowest BCUT2D eigenvalue weighted by atomic mass is 9.73. The predicted molar refractivity (Wildman–Crippen MR) is 147 cm³/mol. The van der Waals surface area contributed by atoms with Crippen LogP contribution < -0.4 is 4.90 Å². The molecule has 170 valence electrons. The van der Waals surface area contributed by atoms with Crippen LogP contribution in [-0.4, -0.2) is 9.97 Å². The minimum atomic E-state index is -0.126. The molecular formula is C31H24BrN3. The molecule has 3 nitrogen and oxygen atoms in total. The number of hydrogen-bond donors (Lipinski definition) is 0. The van der Waals surface area contributed by atoms with Crippen LogP contribution in [0.25, 0.3) is 22.3 Å². The lowest BCUT2D eigenvalue weighted by molar-refractivity contribution is 0.631. The van der Waals surface area contributed by atoms with Crippen molar-refractivity contribution < 1.29 is 0 Å². The van der Waals surface area contributed by atoms with Crippen LogP contribution in [0, 0.1) is 0 Å². The van der Waals surface area contributed by atoms with Crippen molar-refractivity contribution in [2.45, 2.75) is 19.3 Å². The van der Waals surface area contributed by atoms with Crippen LogP contribution in [0.1, 0.15) is 25.0 Å². The molecule has 0 fully saturated rings. The molecule has 0 bridgehead atoms. The molecule has 5 aromatic rings. The Morgan fingerprint density at radius 2 is 1.26 bits per heavy atom. The molecule has 0 amide bonds. The molecule has 1 aliphatic rings.